The van der Waals surface area contributed by atoms with E-state index < -0.39 is 11.9 Å². The lowest BCUT2D eigenvalue weighted by atomic mass is 10.1. The molecule has 1 aromatic rings. The Bertz CT molecular complexity index is 461. The minimum Gasteiger partial charge on any atom is -0.481 e. The molecule has 1 heterocycles. The van der Waals surface area contributed by atoms with Gasteiger partial charge in [-0.15, -0.1) is 0 Å². The summed E-state index contributed by atoms with van der Waals surface area (Å²) in [6.45, 7) is 1.59. The summed E-state index contributed by atoms with van der Waals surface area (Å²) < 4.78 is 0. The summed E-state index contributed by atoms with van der Waals surface area (Å²) in [5.41, 5.74) is 1.09. The number of nitrogens with zero attached hydrogens (tertiary/aromatic N) is 2. The van der Waals surface area contributed by atoms with Gasteiger partial charge in [-0.2, -0.15) is 0 Å². The Morgan fingerprint density at radius 2 is 2.11 bits per heavy atom. The summed E-state index contributed by atoms with van der Waals surface area (Å²) in [5, 5.41) is 8.91. The van der Waals surface area contributed by atoms with Crippen molar-refractivity contribution in [2.45, 2.75) is 6.42 Å². The Morgan fingerprint density at radius 1 is 1.42 bits per heavy atom. The van der Waals surface area contributed by atoms with E-state index in [0.717, 1.165) is 5.69 Å². The van der Waals surface area contributed by atoms with E-state index in [1.54, 1.807) is 4.90 Å². The molecular weight excluding hydrogens is 244 g/mol. The number of likely N-dealkylation sites (N-methyl/N-ethyl adjacent to an activating group) is 1. The number of amides is 1. The molecule has 2 rings (SSSR count). The van der Waals surface area contributed by atoms with Gasteiger partial charge in [0.2, 0.25) is 5.91 Å². The minimum atomic E-state index is -0.882. The molecule has 102 valence electrons. The maximum absolute atomic E-state index is 11.7. The SMILES string of the molecule is CN(CCN1CC(C(=O)O)CC1=O)c1ccccc1. The van der Waals surface area contributed by atoms with Crippen LogP contribution in [0.3, 0.4) is 0 Å². The number of carboxylic acid groups (broad SMARTS) is 1. The highest BCUT2D eigenvalue weighted by Gasteiger charge is 2.33. The van der Waals surface area contributed by atoms with Crippen LogP contribution < -0.4 is 4.90 Å². The molecule has 0 bridgehead atoms. The second-order valence-corrected chi connectivity index (χ2v) is 4.84. The average Bonchev–Trinajstić information content (AvgIpc) is 2.79. The van der Waals surface area contributed by atoms with Crippen molar-refractivity contribution in [2.24, 2.45) is 5.92 Å². The van der Waals surface area contributed by atoms with Crippen molar-refractivity contribution in [3.05, 3.63) is 30.3 Å². The first-order valence-electron chi connectivity index (χ1n) is 6.34. The zero-order valence-corrected chi connectivity index (χ0v) is 11.0. The molecule has 0 aromatic heterocycles. The first-order chi connectivity index (χ1) is 9.08. The van der Waals surface area contributed by atoms with Crippen LogP contribution in [0.4, 0.5) is 5.69 Å². The fourth-order valence-electron chi connectivity index (χ4n) is 2.24. The molecule has 1 N–H and O–H groups in total. The van der Waals surface area contributed by atoms with E-state index in [9.17, 15) is 9.59 Å². The average molecular weight is 262 g/mol. The van der Waals surface area contributed by atoms with E-state index in [0.29, 0.717) is 19.6 Å². The summed E-state index contributed by atoms with van der Waals surface area (Å²) >= 11 is 0. The van der Waals surface area contributed by atoms with E-state index in [1.807, 2.05) is 37.4 Å². The smallest absolute Gasteiger partial charge is 0.308 e. The Balaban J connectivity index is 1.86. The van der Waals surface area contributed by atoms with Gasteiger partial charge < -0.3 is 14.9 Å². The number of likely N-dealkylation sites (tertiary alicyclic amines) is 1. The molecule has 0 saturated carbocycles. The fraction of sp³-hybridized carbons (Fsp3) is 0.429. The Hall–Kier alpha value is -2.04. The summed E-state index contributed by atoms with van der Waals surface area (Å²) in [7, 11) is 1.96. The molecule has 5 heteroatoms. The number of anilines is 1. The highest BCUT2D eigenvalue weighted by Crippen LogP contribution is 2.18. The van der Waals surface area contributed by atoms with Gasteiger partial charge in [0, 0.05) is 38.8 Å². The second kappa shape index (κ2) is 5.73. The molecule has 0 radical (unpaired) electrons. The van der Waals surface area contributed by atoms with Crippen LogP contribution in [0, 0.1) is 5.92 Å². The van der Waals surface area contributed by atoms with E-state index in [2.05, 4.69) is 4.90 Å². The van der Waals surface area contributed by atoms with E-state index in [4.69, 9.17) is 5.11 Å². The van der Waals surface area contributed by atoms with Gasteiger partial charge in [-0.1, -0.05) is 18.2 Å². The van der Waals surface area contributed by atoms with Gasteiger partial charge in [-0.3, -0.25) is 9.59 Å². The summed E-state index contributed by atoms with van der Waals surface area (Å²) in [5.74, 6) is -1.49. The number of aliphatic carboxylic acids is 1. The maximum Gasteiger partial charge on any atom is 0.308 e. The van der Waals surface area contributed by atoms with E-state index in [1.165, 1.54) is 0 Å². The number of rotatable bonds is 5. The molecule has 5 nitrogen and oxygen atoms in total. The number of carboxylic acids is 1. The third-order valence-corrected chi connectivity index (χ3v) is 3.47. The summed E-state index contributed by atoms with van der Waals surface area (Å²) in [6.07, 6.45) is 0.129. The van der Waals surface area contributed by atoms with Gasteiger partial charge in [0.1, 0.15) is 0 Å². The lowest BCUT2D eigenvalue weighted by Gasteiger charge is -2.23. The predicted octanol–water partition coefficient (Wildman–Crippen LogP) is 1.06. The van der Waals surface area contributed by atoms with Crippen LogP contribution in [0.1, 0.15) is 6.42 Å². The highest BCUT2D eigenvalue weighted by molar-refractivity contribution is 5.86. The Morgan fingerprint density at radius 3 is 2.68 bits per heavy atom. The van der Waals surface area contributed by atoms with Crippen LogP contribution in [0.2, 0.25) is 0 Å². The van der Waals surface area contributed by atoms with Crippen molar-refractivity contribution in [3.8, 4) is 0 Å². The van der Waals surface area contributed by atoms with Crippen molar-refractivity contribution >= 4 is 17.6 Å². The van der Waals surface area contributed by atoms with Crippen LogP contribution >= 0.6 is 0 Å². The van der Waals surface area contributed by atoms with Gasteiger partial charge in [0.15, 0.2) is 0 Å². The largest absolute Gasteiger partial charge is 0.481 e. The minimum absolute atomic E-state index is 0.0612. The summed E-state index contributed by atoms with van der Waals surface area (Å²) in [4.78, 5) is 26.2. The molecule has 1 aliphatic heterocycles. The number of hydrogen-bond acceptors (Lipinski definition) is 3. The molecule has 1 saturated heterocycles. The van der Waals surface area contributed by atoms with Crippen LogP contribution in [0.5, 0.6) is 0 Å². The van der Waals surface area contributed by atoms with Gasteiger partial charge >= 0.3 is 5.97 Å². The molecular formula is C14H18N2O3. The van der Waals surface area contributed by atoms with Crippen molar-refractivity contribution in [2.75, 3.05) is 31.6 Å². The molecule has 1 aromatic carbocycles. The number of carbonyl (C=O) groups excluding carboxylic acids is 1. The van der Waals surface area contributed by atoms with E-state index in [-0.39, 0.29) is 12.3 Å². The Labute approximate surface area is 112 Å². The third-order valence-electron chi connectivity index (χ3n) is 3.47. The van der Waals surface area contributed by atoms with Gasteiger partial charge in [-0.25, -0.2) is 0 Å². The molecule has 0 spiro atoms. The van der Waals surface area contributed by atoms with Crippen molar-refractivity contribution in [1.29, 1.82) is 0 Å². The molecule has 1 atom stereocenters. The number of benzene rings is 1. The lowest BCUT2D eigenvalue weighted by Crippen LogP contribution is -2.34. The first-order valence-corrected chi connectivity index (χ1v) is 6.34. The fourth-order valence-corrected chi connectivity index (χ4v) is 2.24. The number of carbonyl (C=O) groups is 2. The third kappa shape index (κ3) is 3.24. The van der Waals surface area contributed by atoms with Crippen LogP contribution in [-0.4, -0.2) is 48.6 Å². The van der Waals surface area contributed by atoms with Gasteiger partial charge in [0.05, 0.1) is 5.92 Å². The summed E-state index contributed by atoms with van der Waals surface area (Å²) in [6, 6.07) is 9.90. The van der Waals surface area contributed by atoms with Crippen molar-refractivity contribution in [3.63, 3.8) is 0 Å². The van der Waals surface area contributed by atoms with Crippen LogP contribution in [0.25, 0.3) is 0 Å². The quantitative estimate of drug-likeness (QED) is 0.862. The second-order valence-electron chi connectivity index (χ2n) is 4.84. The molecule has 0 aliphatic carbocycles. The molecule has 1 amide bonds. The van der Waals surface area contributed by atoms with E-state index >= 15 is 0 Å². The molecule has 1 unspecified atom stereocenters. The van der Waals surface area contributed by atoms with Crippen molar-refractivity contribution < 1.29 is 14.7 Å². The lowest BCUT2D eigenvalue weighted by molar-refractivity contribution is -0.141. The Kier molecular flexibility index (Phi) is 4.04. The highest BCUT2D eigenvalue weighted by atomic mass is 16.4. The maximum atomic E-state index is 11.7. The molecule has 1 aliphatic rings. The number of para-hydroxylation sites is 1. The number of hydrogen-bond donors (Lipinski definition) is 1. The van der Waals surface area contributed by atoms with Crippen LogP contribution in [0.15, 0.2) is 30.3 Å². The normalized spacial score (nSPS) is 18.7. The standard InChI is InChI=1S/C14H18N2O3/c1-15(12-5-3-2-4-6-12)7-8-16-10-11(14(18)19)9-13(16)17/h2-6,11H,7-10H2,1H3,(H,18,19). The van der Waals surface area contributed by atoms with Crippen molar-refractivity contribution in [1.82, 2.24) is 4.90 Å². The zero-order valence-electron chi connectivity index (χ0n) is 11.0. The monoisotopic (exact) mass is 262 g/mol. The topological polar surface area (TPSA) is 60.9 Å². The van der Waals surface area contributed by atoms with Gasteiger partial charge in [-0.05, 0) is 12.1 Å². The van der Waals surface area contributed by atoms with Gasteiger partial charge in [0.25, 0.3) is 0 Å². The van der Waals surface area contributed by atoms with Crippen LogP contribution in [-0.2, 0) is 9.59 Å². The zero-order chi connectivity index (χ0) is 13.8. The first kappa shape index (κ1) is 13.4. The molecule has 19 heavy (non-hydrogen) atoms. The molecule has 1 fully saturated rings. The predicted molar refractivity (Wildman–Crippen MR) is 72.0 cm³/mol.